The Bertz CT molecular complexity index is 1320. The van der Waals surface area contributed by atoms with E-state index in [1.165, 1.54) is 11.3 Å². The van der Waals surface area contributed by atoms with Gasteiger partial charge in [0.1, 0.15) is 9.83 Å². The molecular weight excluding hydrogens is 430 g/mol. The maximum Gasteiger partial charge on any atom is 0.256 e. The Labute approximate surface area is 197 Å². The van der Waals surface area contributed by atoms with E-state index in [-0.39, 0.29) is 11.3 Å². The fraction of sp³-hybridized carbons (Fsp3) is 0.259. The van der Waals surface area contributed by atoms with Crippen LogP contribution in [0.25, 0.3) is 15.9 Å². The summed E-state index contributed by atoms with van der Waals surface area (Å²) >= 11 is 1.50. The smallest absolute Gasteiger partial charge is 0.256 e. The van der Waals surface area contributed by atoms with Crippen molar-refractivity contribution >= 4 is 32.3 Å². The number of fused-ring (bicyclic) bond motifs is 1. The number of para-hydroxylation sites is 1. The number of nitrogens with one attached hydrogen (secondary N) is 1. The SMILES string of the molecule is CCN1CCC(Nc2sc3c(ccc(=O)n3-c3ccccc3)c2C(=O)c2ccccc2)CC1. The first-order valence-corrected chi connectivity index (χ1v) is 12.3. The highest BCUT2D eigenvalue weighted by Gasteiger charge is 2.26. The van der Waals surface area contributed by atoms with Gasteiger partial charge >= 0.3 is 0 Å². The molecule has 0 bridgehead atoms. The molecule has 0 atom stereocenters. The number of hydrogen-bond acceptors (Lipinski definition) is 5. The van der Waals surface area contributed by atoms with E-state index in [0.717, 1.165) is 53.4 Å². The van der Waals surface area contributed by atoms with Crippen LogP contribution in [0.5, 0.6) is 0 Å². The maximum atomic E-state index is 13.7. The van der Waals surface area contributed by atoms with Gasteiger partial charge in [-0.15, -0.1) is 0 Å². The van der Waals surface area contributed by atoms with Crippen LogP contribution in [-0.2, 0) is 0 Å². The van der Waals surface area contributed by atoms with E-state index in [0.29, 0.717) is 17.2 Å². The third kappa shape index (κ3) is 4.24. The number of piperidine rings is 1. The van der Waals surface area contributed by atoms with Crippen molar-refractivity contribution < 1.29 is 4.79 Å². The Balaban J connectivity index is 1.64. The van der Waals surface area contributed by atoms with Gasteiger partial charge < -0.3 is 10.2 Å². The van der Waals surface area contributed by atoms with Crippen LogP contribution < -0.4 is 10.9 Å². The molecule has 1 N–H and O–H groups in total. The number of ketones is 1. The number of anilines is 1. The van der Waals surface area contributed by atoms with Crippen LogP contribution in [0.4, 0.5) is 5.00 Å². The van der Waals surface area contributed by atoms with Gasteiger partial charge in [-0.3, -0.25) is 14.2 Å². The van der Waals surface area contributed by atoms with Gasteiger partial charge in [-0.1, -0.05) is 66.8 Å². The monoisotopic (exact) mass is 457 g/mol. The third-order valence-corrected chi connectivity index (χ3v) is 7.51. The average Bonchev–Trinajstić information content (AvgIpc) is 3.22. The minimum absolute atomic E-state index is 0.0198. The minimum atomic E-state index is -0.100. The predicted octanol–water partition coefficient (Wildman–Crippen LogP) is 5.18. The Hall–Kier alpha value is -3.22. The second-order valence-corrected chi connectivity index (χ2v) is 9.41. The first kappa shape index (κ1) is 21.6. The van der Waals surface area contributed by atoms with E-state index in [9.17, 15) is 9.59 Å². The maximum absolute atomic E-state index is 13.7. The normalized spacial score (nSPS) is 15.1. The molecule has 1 aliphatic heterocycles. The number of thiophene rings is 1. The van der Waals surface area contributed by atoms with Crippen LogP contribution in [0.2, 0.25) is 0 Å². The first-order chi connectivity index (χ1) is 16.2. The molecule has 0 saturated carbocycles. The summed E-state index contributed by atoms with van der Waals surface area (Å²) in [4.78, 5) is 29.8. The van der Waals surface area contributed by atoms with Gasteiger partial charge in [-0.25, -0.2) is 0 Å². The zero-order chi connectivity index (χ0) is 22.8. The highest BCUT2D eigenvalue weighted by atomic mass is 32.1. The number of rotatable bonds is 6. The Morgan fingerprint density at radius 3 is 2.30 bits per heavy atom. The van der Waals surface area contributed by atoms with Gasteiger partial charge in [-0.05, 0) is 37.6 Å². The van der Waals surface area contributed by atoms with E-state index in [4.69, 9.17) is 0 Å². The van der Waals surface area contributed by atoms with Gasteiger partial charge in [0, 0.05) is 36.1 Å². The standard InChI is InChI=1S/C27H27N3O2S/c1-2-29-17-15-20(16-18-29)28-26-24(25(32)19-9-5-3-6-10-19)22-13-14-23(31)30(27(22)33-26)21-11-7-4-8-12-21/h3-14,20,28H,2,15-18H2,1H3. The van der Waals surface area contributed by atoms with Crippen molar-refractivity contribution in [3.63, 3.8) is 0 Å². The minimum Gasteiger partial charge on any atom is -0.373 e. The van der Waals surface area contributed by atoms with Gasteiger partial charge in [0.25, 0.3) is 5.56 Å². The molecule has 0 radical (unpaired) electrons. The van der Waals surface area contributed by atoms with E-state index < -0.39 is 0 Å². The summed E-state index contributed by atoms with van der Waals surface area (Å²) in [5.74, 6) is -0.0198. The third-order valence-electron chi connectivity index (χ3n) is 6.39. The summed E-state index contributed by atoms with van der Waals surface area (Å²) in [6, 6.07) is 22.7. The molecule has 5 nitrogen and oxygen atoms in total. The number of likely N-dealkylation sites (tertiary alicyclic amines) is 1. The van der Waals surface area contributed by atoms with E-state index >= 15 is 0 Å². The molecular formula is C27H27N3O2S. The highest BCUT2D eigenvalue weighted by Crippen LogP contribution is 2.38. The van der Waals surface area contributed by atoms with Crippen LogP contribution >= 0.6 is 11.3 Å². The van der Waals surface area contributed by atoms with Crippen molar-refractivity contribution in [2.75, 3.05) is 25.0 Å². The van der Waals surface area contributed by atoms with Crippen molar-refractivity contribution in [2.24, 2.45) is 0 Å². The van der Waals surface area contributed by atoms with E-state index in [1.54, 1.807) is 16.7 Å². The largest absolute Gasteiger partial charge is 0.373 e. The van der Waals surface area contributed by atoms with Crippen LogP contribution in [0.15, 0.2) is 77.6 Å². The van der Waals surface area contributed by atoms with Crippen LogP contribution in [-0.4, -0.2) is 40.9 Å². The van der Waals surface area contributed by atoms with Crippen molar-refractivity contribution in [3.05, 3.63) is 94.3 Å². The number of pyridine rings is 1. The molecule has 0 aliphatic carbocycles. The first-order valence-electron chi connectivity index (χ1n) is 11.5. The summed E-state index contributed by atoms with van der Waals surface area (Å²) in [7, 11) is 0. The summed E-state index contributed by atoms with van der Waals surface area (Å²) in [6.07, 6.45) is 2.07. The molecule has 4 aromatic rings. The number of aromatic nitrogens is 1. The molecule has 0 spiro atoms. The number of nitrogens with zero attached hydrogens (tertiary/aromatic N) is 2. The average molecular weight is 458 g/mol. The van der Waals surface area contributed by atoms with Gasteiger partial charge in [0.05, 0.1) is 11.3 Å². The molecule has 1 aliphatic rings. The molecule has 1 fully saturated rings. The highest BCUT2D eigenvalue weighted by molar-refractivity contribution is 7.23. The molecule has 6 heteroatoms. The Morgan fingerprint density at radius 1 is 0.970 bits per heavy atom. The lowest BCUT2D eigenvalue weighted by molar-refractivity contribution is 0.104. The van der Waals surface area contributed by atoms with Crippen LogP contribution in [0.1, 0.15) is 35.7 Å². The van der Waals surface area contributed by atoms with Crippen molar-refractivity contribution in [2.45, 2.75) is 25.8 Å². The number of carbonyl (C=O) groups is 1. The lowest BCUT2D eigenvalue weighted by Gasteiger charge is -2.31. The quantitative estimate of drug-likeness (QED) is 0.406. The molecule has 1 saturated heterocycles. The van der Waals surface area contributed by atoms with Crippen LogP contribution in [0.3, 0.4) is 0 Å². The summed E-state index contributed by atoms with van der Waals surface area (Å²) in [5, 5.41) is 5.35. The molecule has 2 aromatic heterocycles. The number of carbonyl (C=O) groups excluding carboxylic acids is 1. The van der Waals surface area contributed by atoms with Gasteiger partial charge in [0.15, 0.2) is 5.78 Å². The van der Waals surface area contributed by atoms with Crippen molar-refractivity contribution in [1.82, 2.24) is 9.47 Å². The van der Waals surface area contributed by atoms with E-state index in [2.05, 4.69) is 17.1 Å². The molecule has 3 heterocycles. The second kappa shape index (κ2) is 9.33. The van der Waals surface area contributed by atoms with Gasteiger partial charge in [-0.2, -0.15) is 0 Å². The fourth-order valence-corrected chi connectivity index (χ4v) is 5.83. The fourth-order valence-electron chi connectivity index (χ4n) is 4.54. The number of benzene rings is 2. The molecule has 168 valence electrons. The summed E-state index contributed by atoms with van der Waals surface area (Å²) in [6.45, 7) is 5.36. The van der Waals surface area contributed by atoms with Crippen LogP contribution in [0, 0.1) is 0 Å². The van der Waals surface area contributed by atoms with Crippen molar-refractivity contribution in [1.29, 1.82) is 0 Å². The summed E-state index contributed by atoms with van der Waals surface area (Å²) < 4.78 is 1.71. The molecule has 5 rings (SSSR count). The zero-order valence-electron chi connectivity index (χ0n) is 18.7. The second-order valence-electron chi connectivity index (χ2n) is 8.42. The molecule has 0 amide bonds. The van der Waals surface area contributed by atoms with Gasteiger partial charge in [0.2, 0.25) is 0 Å². The predicted molar refractivity (Wildman–Crippen MR) is 136 cm³/mol. The Kier molecular flexibility index (Phi) is 6.11. The Morgan fingerprint density at radius 2 is 1.64 bits per heavy atom. The van der Waals surface area contributed by atoms with E-state index in [1.807, 2.05) is 60.7 Å². The lowest BCUT2D eigenvalue weighted by atomic mass is 10.0. The molecule has 0 unspecified atom stereocenters. The van der Waals surface area contributed by atoms with Crippen molar-refractivity contribution in [3.8, 4) is 5.69 Å². The zero-order valence-corrected chi connectivity index (χ0v) is 19.5. The molecule has 2 aromatic carbocycles. The topological polar surface area (TPSA) is 54.3 Å². The number of hydrogen-bond donors (Lipinski definition) is 1. The summed E-state index contributed by atoms with van der Waals surface area (Å²) in [5.41, 5.74) is 2.01. The lowest BCUT2D eigenvalue weighted by Crippen LogP contribution is -2.38. The molecule has 33 heavy (non-hydrogen) atoms.